The zero-order valence-corrected chi connectivity index (χ0v) is 13.8. The molecule has 0 aliphatic heterocycles. The standard InChI is InChI=1S/C15H17BrN2OS/c1-15(2,13-4-3-7-20-13)9-18-14(19)11-6-5-10(16)8-12(11)17/h3-8H,9,17H2,1-2H3,(H,18,19). The lowest BCUT2D eigenvalue weighted by Gasteiger charge is -2.23. The van der Waals surface area contributed by atoms with Crippen molar-refractivity contribution < 1.29 is 4.79 Å². The van der Waals surface area contributed by atoms with Crippen molar-refractivity contribution >= 4 is 38.9 Å². The molecule has 0 bridgehead atoms. The number of carbonyl (C=O) groups is 1. The van der Waals surface area contributed by atoms with Crippen molar-refractivity contribution in [2.24, 2.45) is 0 Å². The first-order valence-corrected chi connectivity index (χ1v) is 7.94. The van der Waals surface area contributed by atoms with Gasteiger partial charge in [-0.2, -0.15) is 0 Å². The van der Waals surface area contributed by atoms with Crippen molar-refractivity contribution in [2.45, 2.75) is 19.3 Å². The van der Waals surface area contributed by atoms with Crippen LogP contribution in [-0.4, -0.2) is 12.5 Å². The average molecular weight is 353 g/mol. The second-order valence-electron chi connectivity index (χ2n) is 5.28. The molecule has 0 aliphatic carbocycles. The average Bonchev–Trinajstić information content (AvgIpc) is 2.90. The van der Waals surface area contributed by atoms with Crippen LogP contribution in [0.25, 0.3) is 0 Å². The maximum atomic E-state index is 12.2. The summed E-state index contributed by atoms with van der Waals surface area (Å²) in [6, 6.07) is 9.39. The first-order chi connectivity index (χ1) is 9.40. The molecule has 1 aromatic carbocycles. The van der Waals surface area contributed by atoms with Crippen LogP contribution in [0.5, 0.6) is 0 Å². The molecule has 0 atom stereocenters. The van der Waals surface area contributed by atoms with Gasteiger partial charge in [-0.25, -0.2) is 0 Å². The van der Waals surface area contributed by atoms with Gasteiger partial charge in [0.1, 0.15) is 0 Å². The Morgan fingerprint density at radius 1 is 1.40 bits per heavy atom. The summed E-state index contributed by atoms with van der Waals surface area (Å²) in [5.74, 6) is -0.139. The van der Waals surface area contributed by atoms with Gasteiger partial charge in [-0.1, -0.05) is 35.8 Å². The lowest BCUT2D eigenvalue weighted by molar-refractivity contribution is 0.0947. The third kappa shape index (κ3) is 3.41. The predicted molar refractivity (Wildman–Crippen MR) is 88.2 cm³/mol. The van der Waals surface area contributed by atoms with Crippen LogP contribution in [0.3, 0.4) is 0 Å². The van der Waals surface area contributed by atoms with E-state index in [4.69, 9.17) is 5.73 Å². The minimum absolute atomic E-state index is 0.0893. The van der Waals surface area contributed by atoms with Gasteiger partial charge in [0.15, 0.2) is 0 Å². The zero-order chi connectivity index (χ0) is 14.8. The van der Waals surface area contributed by atoms with E-state index in [0.717, 1.165) is 4.47 Å². The molecule has 1 heterocycles. The van der Waals surface area contributed by atoms with Gasteiger partial charge in [0.25, 0.3) is 5.91 Å². The maximum Gasteiger partial charge on any atom is 0.253 e. The summed E-state index contributed by atoms with van der Waals surface area (Å²) in [6.45, 7) is 4.80. The summed E-state index contributed by atoms with van der Waals surface area (Å²) in [5, 5.41) is 5.01. The molecule has 0 aliphatic rings. The smallest absolute Gasteiger partial charge is 0.253 e. The molecule has 1 aromatic heterocycles. The summed E-state index contributed by atoms with van der Waals surface area (Å²) in [7, 11) is 0. The van der Waals surface area contributed by atoms with Gasteiger partial charge in [-0.05, 0) is 29.6 Å². The fraction of sp³-hybridized carbons (Fsp3) is 0.267. The molecular formula is C15H17BrN2OS. The second-order valence-corrected chi connectivity index (χ2v) is 7.14. The van der Waals surface area contributed by atoms with Crippen LogP contribution in [0.15, 0.2) is 40.2 Å². The maximum absolute atomic E-state index is 12.2. The molecule has 1 amide bonds. The first kappa shape index (κ1) is 15.1. The largest absolute Gasteiger partial charge is 0.398 e. The van der Waals surface area contributed by atoms with Gasteiger partial charge >= 0.3 is 0 Å². The number of halogens is 1. The van der Waals surface area contributed by atoms with E-state index in [1.165, 1.54) is 4.88 Å². The van der Waals surface area contributed by atoms with E-state index < -0.39 is 0 Å². The molecule has 2 aromatic rings. The number of rotatable bonds is 4. The zero-order valence-electron chi connectivity index (χ0n) is 11.4. The van der Waals surface area contributed by atoms with Crippen LogP contribution >= 0.6 is 27.3 Å². The number of nitrogens with one attached hydrogen (secondary N) is 1. The van der Waals surface area contributed by atoms with Gasteiger partial charge in [0.05, 0.1) is 5.56 Å². The normalized spacial score (nSPS) is 11.3. The van der Waals surface area contributed by atoms with Crippen molar-refractivity contribution in [3.63, 3.8) is 0 Å². The summed E-state index contributed by atoms with van der Waals surface area (Å²) in [4.78, 5) is 13.4. The van der Waals surface area contributed by atoms with Gasteiger partial charge in [0, 0.05) is 27.0 Å². The molecule has 0 radical (unpaired) electrons. The Balaban J connectivity index is 2.05. The number of hydrogen-bond donors (Lipinski definition) is 2. The van der Waals surface area contributed by atoms with Crippen LogP contribution in [0.1, 0.15) is 29.1 Å². The van der Waals surface area contributed by atoms with Crippen LogP contribution in [0.2, 0.25) is 0 Å². The van der Waals surface area contributed by atoms with Gasteiger partial charge in [-0.15, -0.1) is 11.3 Å². The lowest BCUT2D eigenvalue weighted by Crippen LogP contribution is -2.36. The fourth-order valence-electron chi connectivity index (χ4n) is 1.89. The van der Waals surface area contributed by atoms with Gasteiger partial charge in [0.2, 0.25) is 0 Å². The predicted octanol–water partition coefficient (Wildman–Crippen LogP) is 3.80. The monoisotopic (exact) mass is 352 g/mol. The van der Waals surface area contributed by atoms with Crippen LogP contribution in [-0.2, 0) is 5.41 Å². The molecule has 0 spiro atoms. The first-order valence-electron chi connectivity index (χ1n) is 6.27. The highest BCUT2D eigenvalue weighted by Crippen LogP contribution is 2.27. The lowest BCUT2D eigenvalue weighted by atomic mass is 9.91. The number of benzene rings is 1. The highest BCUT2D eigenvalue weighted by atomic mass is 79.9. The van der Waals surface area contributed by atoms with E-state index in [2.05, 4.69) is 41.2 Å². The summed E-state index contributed by atoms with van der Waals surface area (Å²) >= 11 is 5.03. The minimum Gasteiger partial charge on any atom is -0.398 e. The number of anilines is 1. The Bertz CT molecular complexity index is 608. The Labute approximate surface area is 131 Å². The summed E-state index contributed by atoms with van der Waals surface area (Å²) in [6.07, 6.45) is 0. The quantitative estimate of drug-likeness (QED) is 0.822. The third-order valence-electron chi connectivity index (χ3n) is 3.14. The molecule has 0 unspecified atom stereocenters. The molecular weight excluding hydrogens is 336 g/mol. The number of carbonyl (C=O) groups excluding carboxylic acids is 1. The highest BCUT2D eigenvalue weighted by Gasteiger charge is 2.23. The van der Waals surface area contributed by atoms with Crippen molar-refractivity contribution in [2.75, 3.05) is 12.3 Å². The number of nitrogens with two attached hydrogens (primary N) is 1. The molecule has 0 saturated carbocycles. The van der Waals surface area contributed by atoms with Gasteiger partial charge < -0.3 is 11.1 Å². The third-order valence-corrected chi connectivity index (χ3v) is 4.87. The number of thiophene rings is 1. The van der Waals surface area contributed by atoms with Crippen molar-refractivity contribution in [3.05, 3.63) is 50.6 Å². The molecule has 106 valence electrons. The van der Waals surface area contributed by atoms with Crippen LogP contribution < -0.4 is 11.1 Å². The van der Waals surface area contributed by atoms with E-state index in [0.29, 0.717) is 17.8 Å². The molecule has 3 nitrogen and oxygen atoms in total. The minimum atomic E-state index is -0.139. The Hall–Kier alpha value is -1.33. The topological polar surface area (TPSA) is 55.1 Å². The Kier molecular flexibility index (Phi) is 4.50. The number of nitrogen functional groups attached to an aromatic ring is 1. The SMILES string of the molecule is CC(C)(CNC(=O)c1ccc(Br)cc1N)c1cccs1. The second kappa shape index (κ2) is 5.97. The summed E-state index contributed by atoms with van der Waals surface area (Å²) in [5.41, 5.74) is 6.77. The van der Waals surface area contributed by atoms with E-state index in [1.54, 1.807) is 23.5 Å². The molecule has 2 rings (SSSR count). The highest BCUT2D eigenvalue weighted by molar-refractivity contribution is 9.10. The van der Waals surface area contributed by atoms with Crippen LogP contribution in [0.4, 0.5) is 5.69 Å². The van der Waals surface area contributed by atoms with E-state index in [-0.39, 0.29) is 11.3 Å². The molecule has 20 heavy (non-hydrogen) atoms. The van der Waals surface area contributed by atoms with Crippen LogP contribution in [0, 0.1) is 0 Å². The van der Waals surface area contributed by atoms with Crippen molar-refractivity contribution in [1.29, 1.82) is 0 Å². The molecule has 0 fully saturated rings. The van der Waals surface area contributed by atoms with Crippen molar-refractivity contribution in [1.82, 2.24) is 5.32 Å². The van der Waals surface area contributed by atoms with E-state index in [9.17, 15) is 4.79 Å². The molecule has 3 N–H and O–H groups in total. The Morgan fingerprint density at radius 2 is 2.15 bits per heavy atom. The molecule has 0 saturated heterocycles. The van der Waals surface area contributed by atoms with E-state index >= 15 is 0 Å². The molecule has 5 heteroatoms. The van der Waals surface area contributed by atoms with Gasteiger partial charge in [-0.3, -0.25) is 4.79 Å². The number of hydrogen-bond acceptors (Lipinski definition) is 3. The number of amides is 1. The fourth-order valence-corrected chi connectivity index (χ4v) is 3.12. The van der Waals surface area contributed by atoms with Crippen molar-refractivity contribution in [3.8, 4) is 0 Å². The van der Waals surface area contributed by atoms with E-state index in [1.807, 2.05) is 17.5 Å². The summed E-state index contributed by atoms with van der Waals surface area (Å²) < 4.78 is 0.866. The Morgan fingerprint density at radius 3 is 2.75 bits per heavy atom.